The van der Waals surface area contributed by atoms with Gasteiger partial charge in [0.25, 0.3) is 12.1 Å². The first-order valence-corrected chi connectivity index (χ1v) is 4.79. The Morgan fingerprint density at radius 1 is 1.45 bits per heavy atom. The summed E-state index contributed by atoms with van der Waals surface area (Å²) in [5.41, 5.74) is -5.94. The molecule has 0 radical (unpaired) electrons. The maximum atomic E-state index is 12.6. The molecule has 1 aromatic heterocycles. The monoisotopic (exact) mass is 300 g/mol. The van der Waals surface area contributed by atoms with Crippen molar-refractivity contribution in [3.8, 4) is 0 Å². The van der Waals surface area contributed by atoms with E-state index in [0.29, 0.717) is 0 Å². The fraction of sp³-hybridized carbons (Fsp3) is 0.333. The number of carboxylic acid groups (broad SMARTS) is 1. The van der Waals surface area contributed by atoms with Crippen molar-refractivity contribution in [3.63, 3.8) is 0 Å². The molecule has 0 fully saturated rings. The Hall–Kier alpha value is -2.33. The smallest absolute Gasteiger partial charge is 0.418 e. The minimum Gasteiger partial charge on any atom is -0.481 e. The molecular formula is C9H5F5N2O4. The van der Waals surface area contributed by atoms with E-state index in [2.05, 4.69) is 4.98 Å². The number of hydrogen-bond acceptors (Lipinski definition) is 4. The molecule has 1 N–H and O–H groups in total. The lowest BCUT2D eigenvalue weighted by atomic mass is 10.1. The molecule has 0 saturated heterocycles. The average molecular weight is 300 g/mol. The van der Waals surface area contributed by atoms with E-state index in [4.69, 9.17) is 5.11 Å². The Labute approximate surface area is 107 Å². The number of nitro groups is 1. The van der Waals surface area contributed by atoms with Crippen molar-refractivity contribution in [1.29, 1.82) is 0 Å². The van der Waals surface area contributed by atoms with Crippen LogP contribution in [0.5, 0.6) is 0 Å². The van der Waals surface area contributed by atoms with E-state index in [1.165, 1.54) is 0 Å². The van der Waals surface area contributed by atoms with Gasteiger partial charge in [0.15, 0.2) is 5.69 Å². The molecule has 0 aromatic carbocycles. The van der Waals surface area contributed by atoms with Crippen LogP contribution < -0.4 is 0 Å². The van der Waals surface area contributed by atoms with E-state index in [9.17, 15) is 36.9 Å². The lowest BCUT2D eigenvalue weighted by Gasteiger charge is -2.12. The van der Waals surface area contributed by atoms with Crippen molar-refractivity contribution in [2.45, 2.75) is 19.0 Å². The van der Waals surface area contributed by atoms with E-state index in [0.717, 1.165) is 0 Å². The van der Waals surface area contributed by atoms with Gasteiger partial charge in [-0.2, -0.15) is 13.2 Å². The van der Waals surface area contributed by atoms with E-state index in [-0.39, 0.29) is 6.07 Å². The molecule has 0 spiro atoms. The van der Waals surface area contributed by atoms with Gasteiger partial charge in [-0.25, -0.2) is 13.8 Å². The zero-order valence-corrected chi connectivity index (χ0v) is 9.32. The first-order chi connectivity index (χ1) is 9.04. The van der Waals surface area contributed by atoms with Crippen LogP contribution in [0.4, 0.5) is 27.6 Å². The minimum atomic E-state index is -5.15. The highest BCUT2D eigenvalue weighted by atomic mass is 19.4. The summed E-state index contributed by atoms with van der Waals surface area (Å²) in [6.07, 6.45) is -9.94. The number of nitrogens with zero attached hydrogens (tertiary/aromatic N) is 2. The van der Waals surface area contributed by atoms with Crippen LogP contribution in [0.2, 0.25) is 0 Å². The fourth-order valence-electron chi connectivity index (χ4n) is 1.39. The van der Waals surface area contributed by atoms with Crippen LogP contribution in [0.15, 0.2) is 6.07 Å². The predicted molar refractivity (Wildman–Crippen MR) is 52.2 cm³/mol. The first kappa shape index (κ1) is 15.7. The molecule has 1 aromatic rings. The second-order valence-corrected chi connectivity index (χ2v) is 3.51. The number of rotatable bonds is 4. The van der Waals surface area contributed by atoms with Crippen molar-refractivity contribution in [2.75, 3.05) is 0 Å². The molecule has 0 amide bonds. The molecule has 0 aliphatic rings. The van der Waals surface area contributed by atoms with Crippen molar-refractivity contribution in [2.24, 2.45) is 0 Å². The van der Waals surface area contributed by atoms with Gasteiger partial charge in [0, 0.05) is 6.07 Å². The van der Waals surface area contributed by atoms with Gasteiger partial charge in [-0.1, -0.05) is 0 Å². The minimum absolute atomic E-state index is 0.132. The van der Waals surface area contributed by atoms with Gasteiger partial charge in [0.1, 0.15) is 0 Å². The summed E-state index contributed by atoms with van der Waals surface area (Å²) in [5.74, 6) is -1.74. The lowest BCUT2D eigenvalue weighted by molar-refractivity contribution is -0.386. The molecule has 0 saturated carbocycles. The number of halogens is 5. The van der Waals surface area contributed by atoms with Crippen LogP contribution >= 0.6 is 0 Å². The summed E-state index contributed by atoms with van der Waals surface area (Å²) in [7, 11) is 0. The number of carboxylic acids is 1. The number of pyridine rings is 1. The quantitative estimate of drug-likeness (QED) is 0.524. The SMILES string of the molecule is O=C(O)Cc1nc(C(F)F)c([N+](=O)[O-])cc1C(F)(F)F. The number of alkyl halides is 5. The highest BCUT2D eigenvalue weighted by molar-refractivity contribution is 5.70. The Bertz CT molecular complexity index is 558. The Morgan fingerprint density at radius 3 is 2.35 bits per heavy atom. The summed E-state index contributed by atoms with van der Waals surface area (Å²) in [5, 5.41) is 18.9. The van der Waals surface area contributed by atoms with Crippen LogP contribution in [0.1, 0.15) is 23.4 Å². The first-order valence-electron chi connectivity index (χ1n) is 4.79. The van der Waals surface area contributed by atoms with Gasteiger partial charge >= 0.3 is 12.1 Å². The highest BCUT2D eigenvalue weighted by Crippen LogP contribution is 2.37. The number of hydrogen-bond donors (Lipinski definition) is 1. The van der Waals surface area contributed by atoms with Crippen LogP contribution in [0.3, 0.4) is 0 Å². The molecule has 6 nitrogen and oxygen atoms in total. The van der Waals surface area contributed by atoms with Crippen molar-refractivity contribution in [1.82, 2.24) is 4.98 Å². The van der Waals surface area contributed by atoms with Gasteiger partial charge in [0.05, 0.1) is 22.6 Å². The maximum Gasteiger partial charge on any atom is 0.418 e. The molecule has 11 heteroatoms. The summed E-state index contributed by atoms with van der Waals surface area (Å²) in [6.45, 7) is 0. The van der Waals surface area contributed by atoms with E-state index in [1.807, 2.05) is 0 Å². The van der Waals surface area contributed by atoms with Gasteiger partial charge in [-0.3, -0.25) is 14.9 Å². The molecule has 20 heavy (non-hydrogen) atoms. The molecule has 0 atom stereocenters. The Morgan fingerprint density at radius 2 is 2.00 bits per heavy atom. The molecule has 0 unspecified atom stereocenters. The number of carbonyl (C=O) groups is 1. The summed E-state index contributed by atoms with van der Waals surface area (Å²) in [4.78, 5) is 22.3. The lowest BCUT2D eigenvalue weighted by Crippen LogP contribution is -2.16. The zero-order chi connectivity index (χ0) is 15.7. The third-order valence-electron chi connectivity index (χ3n) is 2.14. The molecule has 0 bridgehead atoms. The Kier molecular flexibility index (Phi) is 4.20. The van der Waals surface area contributed by atoms with Gasteiger partial charge in [0.2, 0.25) is 0 Å². The van der Waals surface area contributed by atoms with E-state index < -0.39 is 52.6 Å². The maximum absolute atomic E-state index is 12.6. The molecule has 0 aliphatic carbocycles. The predicted octanol–water partition coefficient (Wildman–Crippen LogP) is 2.57. The molecule has 110 valence electrons. The largest absolute Gasteiger partial charge is 0.481 e. The molecule has 1 rings (SSSR count). The molecular weight excluding hydrogens is 295 g/mol. The second-order valence-electron chi connectivity index (χ2n) is 3.51. The number of aliphatic carboxylic acids is 1. The third-order valence-corrected chi connectivity index (χ3v) is 2.14. The highest BCUT2D eigenvalue weighted by Gasteiger charge is 2.39. The molecule has 0 aliphatic heterocycles. The zero-order valence-electron chi connectivity index (χ0n) is 9.32. The van der Waals surface area contributed by atoms with Crippen LogP contribution in [0, 0.1) is 10.1 Å². The van der Waals surface area contributed by atoms with Crippen LogP contribution in [0.25, 0.3) is 0 Å². The van der Waals surface area contributed by atoms with Crippen LogP contribution in [-0.2, 0) is 17.4 Å². The van der Waals surface area contributed by atoms with Crippen LogP contribution in [-0.4, -0.2) is 21.0 Å². The topological polar surface area (TPSA) is 93.3 Å². The summed E-state index contributed by atoms with van der Waals surface area (Å²) < 4.78 is 63.0. The average Bonchev–Trinajstić information content (AvgIpc) is 2.25. The molecule has 1 heterocycles. The van der Waals surface area contributed by atoms with Gasteiger partial charge < -0.3 is 5.11 Å². The fourth-order valence-corrected chi connectivity index (χ4v) is 1.39. The van der Waals surface area contributed by atoms with Gasteiger partial charge in [-0.15, -0.1) is 0 Å². The third kappa shape index (κ3) is 3.36. The summed E-state index contributed by atoms with van der Waals surface area (Å²) >= 11 is 0. The normalized spacial score (nSPS) is 11.7. The van der Waals surface area contributed by atoms with Gasteiger partial charge in [-0.05, 0) is 0 Å². The second kappa shape index (κ2) is 5.35. The standard InChI is InChI=1S/C9H5F5N2O4/c10-8(11)7-5(16(19)20)1-3(9(12,13)14)4(15-7)2-6(17)18/h1,8H,2H2,(H,17,18). The van der Waals surface area contributed by atoms with Crippen molar-refractivity contribution in [3.05, 3.63) is 33.1 Å². The number of aromatic nitrogens is 1. The van der Waals surface area contributed by atoms with E-state index >= 15 is 0 Å². The van der Waals surface area contributed by atoms with E-state index in [1.54, 1.807) is 0 Å². The summed E-state index contributed by atoms with van der Waals surface area (Å²) in [6, 6.07) is -0.132. The Balaban J connectivity index is 3.60. The van der Waals surface area contributed by atoms with Crippen molar-refractivity contribution < 1.29 is 36.8 Å². The van der Waals surface area contributed by atoms with Crippen molar-refractivity contribution >= 4 is 11.7 Å².